The van der Waals surface area contributed by atoms with Crippen molar-refractivity contribution in [3.63, 3.8) is 0 Å². The summed E-state index contributed by atoms with van der Waals surface area (Å²) >= 11 is 0. The molecule has 0 N–H and O–H groups in total. The number of rotatable bonds is 1. The molecule has 2 aliphatic rings. The number of hydrogen-bond acceptors (Lipinski definition) is 3. The van der Waals surface area contributed by atoms with Crippen molar-refractivity contribution in [2.75, 3.05) is 19.7 Å². The molecule has 1 aliphatic carbocycles. The molecule has 1 heterocycles. The van der Waals surface area contributed by atoms with Crippen LogP contribution in [-0.4, -0.2) is 36.7 Å². The second kappa shape index (κ2) is 4.29. The summed E-state index contributed by atoms with van der Waals surface area (Å²) in [4.78, 5) is 2.45. The molecule has 0 spiro atoms. The van der Waals surface area contributed by atoms with Gasteiger partial charge in [0.1, 0.15) is 0 Å². The molecule has 3 heteroatoms. The number of morpholine rings is 1. The summed E-state index contributed by atoms with van der Waals surface area (Å²) in [5, 5.41) is 9.03. The lowest BCUT2D eigenvalue weighted by Crippen LogP contribution is -2.47. The Morgan fingerprint density at radius 2 is 2.29 bits per heavy atom. The zero-order chi connectivity index (χ0) is 9.97. The van der Waals surface area contributed by atoms with Crippen LogP contribution < -0.4 is 0 Å². The molecular formula is C11H18N2O. The lowest BCUT2D eigenvalue weighted by atomic mass is 10.0. The van der Waals surface area contributed by atoms with Gasteiger partial charge in [-0.15, -0.1) is 0 Å². The van der Waals surface area contributed by atoms with Crippen molar-refractivity contribution in [3.8, 4) is 6.07 Å². The summed E-state index contributed by atoms with van der Waals surface area (Å²) in [5.41, 5.74) is 0. The van der Waals surface area contributed by atoms with Gasteiger partial charge in [0.15, 0.2) is 0 Å². The first kappa shape index (κ1) is 9.95. The van der Waals surface area contributed by atoms with Crippen LogP contribution in [0.1, 0.15) is 26.2 Å². The molecule has 0 aromatic rings. The van der Waals surface area contributed by atoms with Gasteiger partial charge in [-0.1, -0.05) is 6.42 Å². The molecule has 0 amide bonds. The van der Waals surface area contributed by atoms with Crippen LogP contribution in [0.2, 0.25) is 0 Å². The lowest BCUT2D eigenvalue weighted by molar-refractivity contribution is -0.0367. The van der Waals surface area contributed by atoms with E-state index in [0.29, 0.717) is 12.1 Å². The van der Waals surface area contributed by atoms with Crippen molar-refractivity contribution < 1.29 is 4.74 Å². The topological polar surface area (TPSA) is 36.3 Å². The van der Waals surface area contributed by atoms with E-state index in [1.807, 2.05) is 0 Å². The maximum atomic E-state index is 9.03. The minimum absolute atomic E-state index is 0.264. The Bertz CT molecular complexity index is 236. The average Bonchev–Trinajstić information content (AvgIpc) is 2.65. The third kappa shape index (κ3) is 1.92. The molecule has 1 saturated heterocycles. The summed E-state index contributed by atoms with van der Waals surface area (Å²) in [6.45, 7) is 4.95. The predicted molar refractivity (Wildman–Crippen MR) is 53.7 cm³/mol. The van der Waals surface area contributed by atoms with Crippen molar-refractivity contribution >= 4 is 0 Å². The summed E-state index contributed by atoms with van der Waals surface area (Å²) in [6, 6.07) is 2.95. The lowest BCUT2D eigenvalue weighted by Gasteiger charge is -2.36. The number of nitrogens with zero attached hydrogens (tertiary/aromatic N) is 2. The van der Waals surface area contributed by atoms with E-state index in [9.17, 15) is 0 Å². The SMILES string of the molecule is CC1CN(C2CCCC2C#N)CCO1. The largest absolute Gasteiger partial charge is 0.376 e. The summed E-state index contributed by atoms with van der Waals surface area (Å²) < 4.78 is 5.51. The second-order valence-electron chi connectivity index (χ2n) is 4.41. The molecule has 0 radical (unpaired) electrons. The fourth-order valence-corrected chi connectivity index (χ4v) is 2.67. The van der Waals surface area contributed by atoms with E-state index in [1.54, 1.807) is 0 Å². The first-order valence-electron chi connectivity index (χ1n) is 5.56. The van der Waals surface area contributed by atoms with Crippen molar-refractivity contribution in [2.45, 2.75) is 38.3 Å². The molecule has 3 atom stereocenters. The Morgan fingerprint density at radius 3 is 3.00 bits per heavy atom. The van der Waals surface area contributed by atoms with Crippen LogP contribution in [0.3, 0.4) is 0 Å². The highest BCUT2D eigenvalue weighted by molar-refractivity contribution is 4.98. The van der Waals surface area contributed by atoms with Gasteiger partial charge in [-0.25, -0.2) is 0 Å². The standard InChI is InChI=1S/C11H18N2O/c1-9-8-13(5-6-14-9)11-4-2-3-10(11)7-12/h9-11H,2-6,8H2,1H3. The molecule has 1 saturated carbocycles. The Balaban J connectivity index is 1.96. The van der Waals surface area contributed by atoms with Crippen molar-refractivity contribution in [1.82, 2.24) is 4.90 Å². The molecule has 0 aromatic heterocycles. The van der Waals surface area contributed by atoms with Crippen molar-refractivity contribution in [1.29, 1.82) is 5.26 Å². The molecule has 2 rings (SSSR count). The van der Waals surface area contributed by atoms with Gasteiger partial charge in [0.2, 0.25) is 0 Å². The highest BCUT2D eigenvalue weighted by atomic mass is 16.5. The van der Waals surface area contributed by atoms with E-state index >= 15 is 0 Å². The maximum Gasteiger partial charge on any atom is 0.0674 e. The molecule has 2 fully saturated rings. The third-order valence-corrected chi connectivity index (χ3v) is 3.39. The van der Waals surface area contributed by atoms with Gasteiger partial charge in [-0.3, -0.25) is 4.90 Å². The Labute approximate surface area is 85.6 Å². The van der Waals surface area contributed by atoms with Crippen LogP contribution in [0.25, 0.3) is 0 Å². The quantitative estimate of drug-likeness (QED) is 0.633. The number of ether oxygens (including phenoxy) is 1. The smallest absolute Gasteiger partial charge is 0.0674 e. The molecule has 0 bridgehead atoms. The zero-order valence-electron chi connectivity index (χ0n) is 8.78. The van der Waals surface area contributed by atoms with Gasteiger partial charge in [0.25, 0.3) is 0 Å². The first-order chi connectivity index (χ1) is 6.81. The maximum absolute atomic E-state index is 9.03. The van der Waals surface area contributed by atoms with Gasteiger partial charge < -0.3 is 4.74 Å². The van der Waals surface area contributed by atoms with E-state index in [1.165, 1.54) is 12.8 Å². The Kier molecular flexibility index (Phi) is 3.05. The van der Waals surface area contributed by atoms with Gasteiger partial charge in [0, 0.05) is 19.1 Å². The van der Waals surface area contributed by atoms with Gasteiger partial charge in [0.05, 0.1) is 24.7 Å². The monoisotopic (exact) mass is 194 g/mol. The minimum Gasteiger partial charge on any atom is -0.376 e. The van der Waals surface area contributed by atoms with Crippen molar-refractivity contribution in [3.05, 3.63) is 0 Å². The van der Waals surface area contributed by atoms with Gasteiger partial charge in [-0.05, 0) is 19.8 Å². The summed E-state index contributed by atoms with van der Waals surface area (Å²) in [7, 11) is 0. The number of nitriles is 1. The first-order valence-corrected chi connectivity index (χ1v) is 5.56. The summed E-state index contributed by atoms with van der Waals surface area (Å²) in [6.07, 6.45) is 3.84. The van der Waals surface area contributed by atoms with Crippen LogP contribution in [0.15, 0.2) is 0 Å². The van der Waals surface area contributed by atoms with Crippen molar-refractivity contribution in [2.24, 2.45) is 5.92 Å². The Morgan fingerprint density at radius 1 is 1.43 bits per heavy atom. The van der Waals surface area contributed by atoms with Crippen LogP contribution >= 0.6 is 0 Å². The predicted octanol–water partition coefficient (Wildman–Crippen LogP) is 1.40. The van der Waals surface area contributed by atoms with Gasteiger partial charge >= 0.3 is 0 Å². The number of hydrogen-bond donors (Lipinski definition) is 0. The molecular weight excluding hydrogens is 176 g/mol. The molecule has 14 heavy (non-hydrogen) atoms. The van der Waals surface area contributed by atoms with Crippen LogP contribution in [0.5, 0.6) is 0 Å². The Hall–Kier alpha value is -0.590. The van der Waals surface area contributed by atoms with Crippen LogP contribution in [0.4, 0.5) is 0 Å². The molecule has 3 nitrogen and oxygen atoms in total. The zero-order valence-corrected chi connectivity index (χ0v) is 8.78. The van der Waals surface area contributed by atoms with E-state index in [2.05, 4.69) is 17.9 Å². The molecule has 0 aromatic carbocycles. The van der Waals surface area contributed by atoms with E-state index in [0.717, 1.165) is 26.1 Å². The van der Waals surface area contributed by atoms with E-state index in [-0.39, 0.29) is 5.92 Å². The average molecular weight is 194 g/mol. The normalized spacial score (nSPS) is 39.6. The highest BCUT2D eigenvalue weighted by Crippen LogP contribution is 2.30. The van der Waals surface area contributed by atoms with Gasteiger partial charge in [-0.2, -0.15) is 5.26 Å². The fraction of sp³-hybridized carbons (Fsp3) is 0.909. The van der Waals surface area contributed by atoms with Crippen LogP contribution in [-0.2, 0) is 4.74 Å². The fourth-order valence-electron chi connectivity index (χ4n) is 2.67. The third-order valence-electron chi connectivity index (χ3n) is 3.39. The molecule has 1 aliphatic heterocycles. The minimum atomic E-state index is 0.264. The summed E-state index contributed by atoms with van der Waals surface area (Å²) in [5.74, 6) is 0.264. The van der Waals surface area contributed by atoms with E-state index < -0.39 is 0 Å². The molecule has 3 unspecified atom stereocenters. The second-order valence-corrected chi connectivity index (χ2v) is 4.41. The highest BCUT2D eigenvalue weighted by Gasteiger charge is 2.33. The molecule has 78 valence electrons. The van der Waals surface area contributed by atoms with Crippen LogP contribution in [0, 0.1) is 17.2 Å². The van der Waals surface area contributed by atoms with E-state index in [4.69, 9.17) is 10.00 Å².